The van der Waals surface area contributed by atoms with E-state index in [1.165, 1.54) is 5.56 Å². The first-order valence-electron chi connectivity index (χ1n) is 7.06. The van der Waals surface area contributed by atoms with Gasteiger partial charge >= 0.3 is 0 Å². The first kappa shape index (κ1) is 14.5. The molecule has 104 valence electrons. The third-order valence-electron chi connectivity index (χ3n) is 3.90. The largest absolute Gasteiger partial charge is 0.381 e. The topological polar surface area (TPSA) is 26.3 Å². The minimum atomic E-state index is -0.163. The van der Waals surface area contributed by atoms with E-state index in [0.29, 0.717) is 5.92 Å². The van der Waals surface area contributed by atoms with Gasteiger partial charge in [-0.1, -0.05) is 30.3 Å². The zero-order chi connectivity index (χ0) is 13.5. The molecule has 0 unspecified atom stereocenters. The smallest absolute Gasteiger partial charge is 0.224 e. The maximum Gasteiger partial charge on any atom is 0.224 e. The summed E-state index contributed by atoms with van der Waals surface area (Å²) in [5.41, 5.74) is 1.32. The Morgan fingerprint density at radius 1 is 1.16 bits per heavy atom. The van der Waals surface area contributed by atoms with Crippen LogP contribution in [0.15, 0.2) is 30.3 Å². The predicted octanol–water partition coefficient (Wildman–Crippen LogP) is 3.82. The molecule has 2 nitrogen and oxygen atoms in total. The molecule has 2 rings (SSSR count). The Balaban J connectivity index is 1.58. The highest BCUT2D eigenvalue weighted by Crippen LogP contribution is 2.30. The highest BCUT2D eigenvalue weighted by molar-refractivity contribution is 6.63. The highest BCUT2D eigenvalue weighted by atomic mass is 35.5. The van der Waals surface area contributed by atoms with Gasteiger partial charge in [0.15, 0.2) is 0 Å². The van der Waals surface area contributed by atoms with Crippen LogP contribution in [0, 0.1) is 11.8 Å². The molecule has 0 N–H and O–H groups in total. The number of rotatable bonds is 6. The molecule has 0 aliphatic heterocycles. The molecule has 3 heteroatoms. The van der Waals surface area contributed by atoms with Crippen molar-refractivity contribution in [3.63, 3.8) is 0 Å². The fraction of sp³-hybridized carbons (Fsp3) is 0.562. The van der Waals surface area contributed by atoms with Crippen LogP contribution in [0.2, 0.25) is 0 Å². The fourth-order valence-electron chi connectivity index (χ4n) is 2.64. The molecule has 1 aliphatic carbocycles. The van der Waals surface area contributed by atoms with E-state index in [1.54, 1.807) is 0 Å². The van der Waals surface area contributed by atoms with Gasteiger partial charge in [-0.15, -0.1) is 0 Å². The van der Waals surface area contributed by atoms with E-state index in [-0.39, 0.29) is 11.2 Å². The van der Waals surface area contributed by atoms with Crippen molar-refractivity contribution in [3.05, 3.63) is 35.9 Å². The molecule has 0 bridgehead atoms. The molecule has 0 spiro atoms. The van der Waals surface area contributed by atoms with Crippen molar-refractivity contribution in [3.8, 4) is 0 Å². The number of hydrogen-bond acceptors (Lipinski definition) is 2. The van der Waals surface area contributed by atoms with Gasteiger partial charge in [0, 0.05) is 12.5 Å². The van der Waals surface area contributed by atoms with Crippen LogP contribution in [-0.2, 0) is 16.0 Å². The van der Waals surface area contributed by atoms with E-state index in [0.717, 1.165) is 45.3 Å². The average molecular weight is 281 g/mol. The van der Waals surface area contributed by atoms with Gasteiger partial charge in [-0.05, 0) is 55.2 Å². The lowest BCUT2D eigenvalue weighted by atomic mass is 9.83. The molecule has 0 heterocycles. The predicted molar refractivity (Wildman–Crippen MR) is 77.3 cm³/mol. The van der Waals surface area contributed by atoms with Crippen LogP contribution in [0.1, 0.15) is 31.2 Å². The van der Waals surface area contributed by atoms with Crippen molar-refractivity contribution >= 4 is 16.8 Å². The Labute approximate surface area is 120 Å². The van der Waals surface area contributed by atoms with Crippen molar-refractivity contribution in [1.82, 2.24) is 0 Å². The van der Waals surface area contributed by atoms with Gasteiger partial charge in [-0.25, -0.2) is 0 Å². The minimum Gasteiger partial charge on any atom is -0.381 e. The summed E-state index contributed by atoms with van der Waals surface area (Å²) in [6.07, 6.45) is 4.95. The second kappa shape index (κ2) is 7.66. The van der Waals surface area contributed by atoms with Crippen molar-refractivity contribution in [2.24, 2.45) is 11.8 Å². The van der Waals surface area contributed by atoms with E-state index in [4.69, 9.17) is 16.3 Å². The Bertz CT molecular complexity index is 383. The fourth-order valence-corrected chi connectivity index (χ4v) is 2.86. The molecule has 0 aromatic heterocycles. The molecule has 0 radical (unpaired) electrons. The molecule has 0 amide bonds. The highest BCUT2D eigenvalue weighted by Gasteiger charge is 2.24. The van der Waals surface area contributed by atoms with Crippen molar-refractivity contribution in [2.45, 2.75) is 32.1 Å². The molecule has 0 saturated heterocycles. The Hall–Kier alpha value is -0.860. The summed E-state index contributed by atoms with van der Waals surface area (Å²) in [4.78, 5) is 11.1. The number of carbonyl (C=O) groups is 1. The van der Waals surface area contributed by atoms with Gasteiger partial charge < -0.3 is 4.74 Å². The Kier molecular flexibility index (Phi) is 5.87. The monoisotopic (exact) mass is 280 g/mol. The van der Waals surface area contributed by atoms with Crippen LogP contribution >= 0.6 is 11.6 Å². The van der Waals surface area contributed by atoms with E-state index in [2.05, 4.69) is 24.3 Å². The summed E-state index contributed by atoms with van der Waals surface area (Å²) in [6.45, 7) is 1.59. The number of hydrogen-bond donors (Lipinski definition) is 0. The average Bonchev–Trinajstić information content (AvgIpc) is 2.45. The zero-order valence-corrected chi connectivity index (χ0v) is 11.9. The van der Waals surface area contributed by atoms with Crippen LogP contribution in [0.3, 0.4) is 0 Å². The number of halogens is 1. The lowest BCUT2D eigenvalue weighted by molar-refractivity contribution is -0.116. The van der Waals surface area contributed by atoms with Crippen molar-refractivity contribution < 1.29 is 9.53 Å². The van der Waals surface area contributed by atoms with Crippen molar-refractivity contribution in [1.29, 1.82) is 0 Å². The second-order valence-corrected chi connectivity index (χ2v) is 5.70. The summed E-state index contributed by atoms with van der Waals surface area (Å²) in [5.74, 6) is 0.685. The van der Waals surface area contributed by atoms with Crippen LogP contribution in [0.25, 0.3) is 0 Å². The lowest BCUT2D eigenvalue weighted by Crippen LogP contribution is -2.22. The maximum absolute atomic E-state index is 11.1. The van der Waals surface area contributed by atoms with Crippen LogP contribution in [0.5, 0.6) is 0 Å². The summed E-state index contributed by atoms with van der Waals surface area (Å²) < 4.78 is 5.75. The molecule has 0 atom stereocenters. The molecular formula is C16H21ClO2. The van der Waals surface area contributed by atoms with Crippen molar-refractivity contribution in [2.75, 3.05) is 13.2 Å². The van der Waals surface area contributed by atoms with Gasteiger partial charge in [-0.2, -0.15) is 0 Å². The quantitative estimate of drug-likeness (QED) is 0.585. The third-order valence-corrected chi connectivity index (χ3v) is 4.21. The molecule has 1 aromatic rings. The summed E-state index contributed by atoms with van der Waals surface area (Å²) >= 11 is 5.53. The zero-order valence-electron chi connectivity index (χ0n) is 11.2. The van der Waals surface area contributed by atoms with Gasteiger partial charge in [0.2, 0.25) is 5.24 Å². The number of ether oxygens (including phenoxy) is 1. The van der Waals surface area contributed by atoms with Gasteiger partial charge in [0.05, 0.1) is 6.61 Å². The molecule has 1 saturated carbocycles. The first-order valence-corrected chi connectivity index (χ1v) is 7.44. The normalized spacial score (nSPS) is 23.2. The van der Waals surface area contributed by atoms with Crippen LogP contribution in [0.4, 0.5) is 0 Å². The van der Waals surface area contributed by atoms with E-state index in [1.807, 2.05) is 6.07 Å². The van der Waals surface area contributed by atoms with E-state index < -0.39 is 0 Å². The SMILES string of the molecule is O=C(Cl)C1CCC(COCCc2ccccc2)CC1. The Morgan fingerprint density at radius 3 is 2.47 bits per heavy atom. The lowest BCUT2D eigenvalue weighted by Gasteiger charge is -2.26. The van der Waals surface area contributed by atoms with Crippen LogP contribution in [-0.4, -0.2) is 18.5 Å². The van der Waals surface area contributed by atoms with E-state index in [9.17, 15) is 4.79 Å². The van der Waals surface area contributed by atoms with Gasteiger partial charge in [-0.3, -0.25) is 4.79 Å². The molecule has 19 heavy (non-hydrogen) atoms. The summed E-state index contributed by atoms with van der Waals surface area (Å²) in [7, 11) is 0. The third kappa shape index (κ3) is 4.96. The van der Waals surface area contributed by atoms with E-state index >= 15 is 0 Å². The second-order valence-electron chi connectivity index (χ2n) is 5.33. The molecule has 1 fully saturated rings. The maximum atomic E-state index is 11.1. The Morgan fingerprint density at radius 2 is 1.84 bits per heavy atom. The number of carbonyl (C=O) groups excluding carboxylic acids is 1. The number of benzene rings is 1. The standard InChI is InChI=1S/C16H21ClO2/c17-16(18)15-8-6-14(7-9-15)12-19-11-10-13-4-2-1-3-5-13/h1-5,14-15H,6-12H2. The molecular weight excluding hydrogens is 260 g/mol. The van der Waals surface area contributed by atoms with Gasteiger partial charge in [0.25, 0.3) is 0 Å². The van der Waals surface area contributed by atoms with Crippen LogP contribution < -0.4 is 0 Å². The molecule has 1 aromatic carbocycles. The summed E-state index contributed by atoms with van der Waals surface area (Å²) in [5, 5.41) is -0.163. The molecule has 1 aliphatic rings. The first-order chi connectivity index (χ1) is 9.25. The summed E-state index contributed by atoms with van der Waals surface area (Å²) in [6, 6.07) is 10.4. The van der Waals surface area contributed by atoms with Gasteiger partial charge in [0.1, 0.15) is 0 Å². The minimum absolute atomic E-state index is 0.0854.